The molecular weight excluding hydrogens is 207 g/mol. The van der Waals surface area contributed by atoms with E-state index in [0.717, 1.165) is 13.0 Å². The summed E-state index contributed by atoms with van der Waals surface area (Å²) in [7, 11) is 0. The topological polar surface area (TPSA) is 34.1 Å². The van der Waals surface area contributed by atoms with Gasteiger partial charge in [0.05, 0.1) is 18.8 Å². The lowest BCUT2D eigenvalue weighted by Crippen LogP contribution is -2.26. The predicted octanol–water partition coefficient (Wildman–Crippen LogP) is 2.30. The lowest BCUT2D eigenvalue weighted by atomic mass is 10.1. The summed E-state index contributed by atoms with van der Waals surface area (Å²) in [6, 6.07) is 1.59. The fourth-order valence-electron chi connectivity index (χ4n) is 1.52. The van der Waals surface area contributed by atoms with E-state index >= 15 is 0 Å². The molecule has 0 fully saturated rings. The third-order valence-electron chi connectivity index (χ3n) is 2.26. The van der Waals surface area contributed by atoms with Crippen molar-refractivity contribution in [1.82, 2.24) is 10.3 Å². The summed E-state index contributed by atoms with van der Waals surface area (Å²) in [5.74, 6) is -0.284. The second-order valence-corrected chi connectivity index (χ2v) is 3.58. The van der Waals surface area contributed by atoms with E-state index in [1.165, 1.54) is 6.20 Å². The second kappa shape index (κ2) is 7.30. The molecule has 1 rings (SSSR count). The van der Waals surface area contributed by atoms with Crippen LogP contribution in [0.2, 0.25) is 0 Å². The minimum absolute atomic E-state index is 0.0976. The Morgan fingerprint density at radius 1 is 1.50 bits per heavy atom. The van der Waals surface area contributed by atoms with Crippen LogP contribution in [-0.2, 0) is 4.74 Å². The van der Waals surface area contributed by atoms with E-state index in [-0.39, 0.29) is 11.9 Å². The summed E-state index contributed by atoms with van der Waals surface area (Å²) in [5, 5.41) is 3.21. The minimum atomic E-state index is -0.284. The molecule has 3 nitrogen and oxygen atoms in total. The molecule has 4 heteroatoms. The fourth-order valence-corrected chi connectivity index (χ4v) is 1.52. The minimum Gasteiger partial charge on any atom is -0.379 e. The highest BCUT2D eigenvalue weighted by Gasteiger charge is 2.14. The first-order valence-corrected chi connectivity index (χ1v) is 5.70. The monoisotopic (exact) mass is 226 g/mol. The van der Waals surface area contributed by atoms with Crippen LogP contribution in [0.5, 0.6) is 0 Å². The summed E-state index contributed by atoms with van der Waals surface area (Å²) >= 11 is 0. The number of nitrogens with zero attached hydrogens (tertiary/aromatic N) is 1. The molecular formula is C12H19FN2O. The van der Waals surface area contributed by atoms with Gasteiger partial charge in [-0.15, -0.1) is 0 Å². The Kier molecular flexibility index (Phi) is 5.96. The highest BCUT2D eigenvalue weighted by atomic mass is 19.1. The Morgan fingerprint density at radius 2 is 2.31 bits per heavy atom. The van der Waals surface area contributed by atoms with Gasteiger partial charge in [-0.3, -0.25) is 4.98 Å². The van der Waals surface area contributed by atoms with Gasteiger partial charge in [-0.1, -0.05) is 13.8 Å². The third-order valence-corrected chi connectivity index (χ3v) is 2.26. The number of pyridine rings is 1. The molecule has 1 aromatic heterocycles. The molecule has 1 atom stereocenters. The van der Waals surface area contributed by atoms with Gasteiger partial charge < -0.3 is 10.1 Å². The number of nitrogens with one attached hydrogen (secondary N) is 1. The average molecular weight is 226 g/mol. The lowest BCUT2D eigenvalue weighted by molar-refractivity contribution is 0.111. The highest BCUT2D eigenvalue weighted by Crippen LogP contribution is 2.16. The number of rotatable bonds is 7. The van der Waals surface area contributed by atoms with Crippen molar-refractivity contribution < 1.29 is 9.13 Å². The predicted molar refractivity (Wildman–Crippen MR) is 61.7 cm³/mol. The molecule has 1 unspecified atom stereocenters. The van der Waals surface area contributed by atoms with Crippen LogP contribution in [-0.4, -0.2) is 24.7 Å². The second-order valence-electron chi connectivity index (χ2n) is 3.58. The summed E-state index contributed by atoms with van der Waals surface area (Å²) in [6.45, 7) is 6.01. The first-order chi connectivity index (χ1) is 7.79. The van der Waals surface area contributed by atoms with Crippen LogP contribution < -0.4 is 5.32 Å². The zero-order valence-electron chi connectivity index (χ0n) is 9.87. The number of aromatic nitrogens is 1. The van der Waals surface area contributed by atoms with Crippen molar-refractivity contribution in [3.63, 3.8) is 0 Å². The Bertz CT molecular complexity index is 307. The number of hydrogen-bond donors (Lipinski definition) is 1. The standard InChI is InChI=1S/C12H19FN2O/c1-3-7-16-9-12(15-4-2)10-5-6-14-8-11(10)13/h5-6,8,12,15H,3-4,7,9H2,1-2H3. The van der Waals surface area contributed by atoms with Crippen molar-refractivity contribution in [2.24, 2.45) is 0 Å². The zero-order chi connectivity index (χ0) is 11.8. The summed E-state index contributed by atoms with van der Waals surface area (Å²) in [4.78, 5) is 3.74. The van der Waals surface area contributed by atoms with Crippen LogP contribution in [0.25, 0.3) is 0 Å². The number of hydrogen-bond acceptors (Lipinski definition) is 3. The van der Waals surface area contributed by atoms with E-state index in [9.17, 15) is 4.39 Å². The van der Waals surface area contributed by atoms with E-state index in [0.29, 0.717) is 18.8 Å². The maximum Gasteiger partial charge on any atom is 0.146 e. The Labute approximate surface area is 96.0 Å². The zero-order valence-corrected chi connectivity index (χ0v) is 9.87. The maximum atomic E-state index is 13.5. The largest absolute Gasteiger partial charge is 0.379 e. The van der Waals surface area contributed by atoms with Crippen molar-refractivity contribution in [2.45, 2.75) is 26.3 Å². The first-order valence-electron chi connectivity index (χ1n) is 5.70. The fraction of sp³-hybridized carbons (Fsp3) is 0.583. The summed E-state index contributed by atoms with van der Waals surface area (Å²) < 4.78 is 19.0. The van der Waals surface area contributed by atoms with Crippen LogP contribution in [0.15, 0.2) is 18.5 Å². The molecule has 0 spiro atoms. The van der Waals surface area contributed by atoms with E-state index in [1.54, 1.807) is 12.3 Å². The highest BCUT2D eigenvalue weighted by molar-refractivity contribution is 5.17. The normalized spacial score (nSPS) is 12.7. The molecule has 90 valence electrons. The van der Waals surface area contributed by atoms with Gasteiger partial charge >= 0.3 is 0 Å². The van der Waals surface area contributed by atoms with Crippen LogP contribution in [0.4, 0.5) is 4.39 Å². The Hall–Kier alpha value is -1.00. The van der Waals surface area contributed by atoms with E-state index in [1.807, 2.05) is 6.92 Å². The number of ether oxygens (including phenoxy) is 1. The van der Waals surface area contributed by atoms with Gasteiger partial charge in [-0.25, -0.2) is 4.39 Å². The molecule has 0 saturated heterocycles. The average Bonchev–Trinajstić information content (AvgIpc) is 2.29. The van der Waals surface area contributed by atoms with Crippen molar-refractivity contribution in [2.75, 3.05) is 19.8 Å². The molecule has 0 aromatic carbocycles. The molecule has 0 amide bonds. The molecule has 0 aliphatic rings. The van der Waals surface area contributed by atoms with Crippen LogP contribution in [0, 0.1) is 5.82 Å². The van der Waals surface area contributed by atoms with Crippen molar-refractivity contribution >= 4 is 0 Å². The molecule has 0 bridgehead atoms. The molecule has 0 aliphatic carbocycles. The van der Waals surface area contributed by atoms with Crippen LogP contribution >= 0.6 is 0 Å². The molecule has 0 saturated carbocycles. The van der Waals surface area contributed by atoms with Crippen molar-refractivity contribution in [3.8, 4) is 0 Å². The molecule has 1 aromatic rings. The van der Waals surface area contributed by atoms with E-state index in [2.05, 4.69) is 17.2 Å². The smallest absolute Gasteiger partial charge is 0.146 e. The van der Waals surface area contributed by atoms with Gasteiger partial charge in [0, 0.05) is 18.4 Å². The molecule has 1 heterocycles. The van der Waals surface area contributed by atoms with Crippen LogP contribution in [0.1, 0.15) is 31.9 Å². The summed E-state index contributed by atoms with van der Waals surface area (Å²) in [6.07, 6.45) is 3.81. The van der Waals surface area contributed by atoms with Gasteiger partial charge in [0.2, 0.25) is 0 Å². The first kappa shape index (κ1) is 13.1. The van der Waals surface area contributed by atoms with Crippen molar-refractivity contribution in [1.29, 1.82) is 0 Å². The Balaban J connectivity index is 2.65. The number of halogens is 1. The maximum absolute atomic E-state index is 13.5. The SMILES string of the molecule is CCCOCC(NCC)c1ccncc1F. The molecule has 1 N–H and O–H groups in total. The van der Waals surface area contributed by atoms with Gasteiger partial charge in [-0.2, -0.15) is 0 Å². The van der Waals surface area contributed by atoms with Gasteiger partial charge in [0.1, 0.15) is 5.82 Å². The van der Waals surface area contributed by atoms with Gasteiger partial charge in [0.15, 0.2) is 0 Å². The summed E-state index contributed by atoms with van der Waals surface area (Å²) in [5.41, 5.74) is 0.618. The molecule has 0 aliphatic heterocycles. The third kappa shape index (κ3) is 3.87. The molecule has 0 radical (unpaired) electrons. The van der Waals surface area contributed by atoms with E-state index < -0.39 is 0 Å². The molecule has 16 heavy (non-hydrogen) atoms. The number of likely N-dealkylation sites (N-methyl/N-ethyl adjacent to an activating group) is 1. The van der Waals surface area contributed by atoms with E-state index in [4.69, 9.17) is 4.74 Å². The lowest BCUT2D eigenvalue weighted by Gasteiger charge is -2.18. The van der Waals surface area contributed by atoms with Crippen LogP contribution in [0.3, 0.4) is 0 Å². The van der Waals surface area contributed by atoms with Crippen molar-refractivity contribution in [3.05, 3.63) is 29.8 Å². The Morgan fingerprint density at radius 3 is 2.94 bits per heavy atom. The van der Waals surface area contributed by atoms with Gasteiger partial charge in [-0.05, 0) is 19.0 Å². The van der Waals surface area contributed by atoms with Gasteiger partial charge in [0.25, 0.3) is 0 Å². The quantitative estimate of drug-likeness (QED) is 0.724.